The molecule has 1 aliphatic carbocycles. The average Bonchev–Trinajstić information content (AvgIpc) is 2.85. The van der Waals surface area contributed by atoms with Crippen LogP contribution in [0.5, 0.6) is 0 Å². The zero-order chi connectivity index (χ0) is 10.6. The fourth-order valence-electron chi connectivity index (χ4n) is 1.13. The predicted molar refractivity (Wildman–Crippen MR) is 56.2 cm³/mol. The van der Waals surface area contributed by atoms with Crippen LogP contribution in [0.4, 0.5) is 0 Å². The van der Waals surface area contributed by atoms with Gasteiger partial charge in [0.1, 0.15) is 0 Å². The molecule has 1 atom stereocenters. The number of nitrogens with one attached hydrogen (secondary N) is 3. The normalized spacial score (nSPS) is 19.6. The maximum atomic E-state index is 11.3. The van der Waals surface area contributed by atoms with Crippen LogP contribution in [0.15, 0.2) is 0 Å². The Morgan fingerprint density at radius 3 is 2.50 bits per heavy atom. The Morgan fingerprint density at radius 2 is 2.00 bits per heavy atom. The fourth-order valence-corrected chi connectivity index (χ4v) is 2.40. The third-order valence-corrected chi connectivity index (χ3v) is 3.26. The largest absolute Gasteiger partial charge is 0.319 e. The Labute approximate surface area is 85.8 Å². The topological polar surface area (TPSA) is 70.2 Å². The van der Waals surface area contributed by atoms with E-state index in [1.165, 1.54) is 0 Å². The van der Waals surface area contributed by atoms with Gasteiger partial charge in [0.15, 0.2) is 0 Å². The van der Waals surface area contributed by atoms with Gasteiger partial charge in [0.2, 0.25) is 0 Å². The molecule has 3 N–H and O–H groups in total. The van der Waals surface area contributed by atoms with Gasteiger partial charge >= 0.3 is 0 Å². The summed E-state index contributed by atoms with van der Waals surface area (Å²) in [5.41, 5.74) is 0. The summed E-state index contributed by atoms with van der Waals surface area (Å²) in [5.74, 6) is 0.302. The van der Waals surface area contributed by atoms with Crippen molar-refractivity contribution < 1.29 is 8.42 Å². The molecule has 0 aromatic carbocycles. The molecule has 1 unspecified atom stereocenters. The van der Waals surface area contributed by atoms with Crippen molar-refractivity contribution in [3.63, 3.8) is 0 Å². The summed E-state index contributed by atoms with van der Waals surface area (Å²) in [6.45, 7) is 3.28. The molecule has 0 heterocycles. The third-order valence-electron chi connectivity index (χ3n) is 2.07. The van der Waals surface area contributed by atoms with Crippen molar-refractivity contribution in [2.24, 2.45) is 5.92 Å². The standard InChI is InChI=1S/C8H19N3O2S/c1-7(5-9-2)6-10-14(12,13)11-8-3-4-8/h7-11H,3-6H2,1-2H3. The summed E-state index contributed by atoms with van der Waals surface area (Å²) < 4.78 is 27.8. The highest BCUT2D eigenvalue weighted by Gasteiger charge is 2.26. The van der Waals surface area contributed by atoms with Crippen LogP contribution in [0.2, 0.25) is 0 Å². The highest BCUT2D eigenvalue weighted by Crippen LogP contribution is 2.19. The molecule has 1 fully saturated rings. The average molecular weight is 221 g/mol. The van der Waals surface area contributed by atoms with Crippen molar-refractivity contribution in [2.45, 2.75) is 25.8 Å². The summed E-state index contributed by atoms with van der Waals surface area (Å²) in [7, 11) is -1.40. The van der Waals surface area contributed by atoms with Gasteiger partial charge in [-0.25, -0.2) is 4.72 Å². The quantitative estimate of drug-likeness (QED) is 0.539. The minimum atomic E-state index is -3.26. The smallest absolute Gasteiger partial charge is 0.277 e. The van der Waals surface area contributed by atoms with Crippen LogP contribution in [0.3, 0.4) is 0 Å². The SMILES string of the molecule is CNCC(C)CNS(=O)(=O)NC1CC1. The number of hydrogen-bond acceptors (Lipinski definition) is 3. The zero-order valence-electron chi connectivity index (χ0n) is 8.71. The van der Waals surface area contributed by atoms with Crippen molar-refractivity contribution in [3.8, 4) is 0 Å². The summed E-state index contributed by atoms with van der Waals surface area (Å²) in [4.78, 5) is 0. The van der Waals surface area contributed by atoms with Crippen molar-refractivity contribution in [1.29, 1.82) is 0 Å². The molecular formula is C8H19N3O2S. The number of rotatable bonds is 7. The van der Waals surface area contributed by atoms with Crippen LogP contribution in [-0.4, -0.2) is 34.6 Å². The highest BCUT2D eigenvalue weighted by molar-refractivity contribution is 7.87. The Bertz CT molecular complexity index is 262. The molecule has 14 heavy (non-hydrogen) atoms. The molecule has 0 radical (unpaired) electrons. The molecule has 0 amide bonds. The van der Waals surface area contributed by atoms with Crippen molar-refractivity contribution >= 4 is 10.2 Å². The van der Waals surface area contributed by atoms with E-state index in [0.717, 1.165) is 19.4 Å². The summed E-state index contributed by atoms with van der Waals surface area (Å²) in [6.07, 6.45) is 1.93. The highest BCUT2D eigenvalue weighted by atomic mass is 32.2. The molecule has 1 aliphatic rings. The molecule has 6 heteroatoms. The minimum absolute atomic E-state index is 0.173. The molecule has 0 bridgehead atoms. The molecule has 5 nitrogen and oxygen atoms in total. The molecule has 0 saturated heterocycles. The molecule has 1 saturated carbocycles. The van der Waals surface area contributed by atoms with Gasteiger partial charge < -0.3 is 5.32 Å². The van der Waals surface area contributed by atoms with Crippen LogP contribution >= 0.6 is 0 Å². The van der Waals surface area contributed by atoms with Gasteiger partial charge in [0.05, 0.1) is 0 Å². The van der Waals surface area contributed by atoms with Gasteiger partial charge in [0.25, 0.3) is 10.2 Å². The van der Waals surface area contributed by atoms with Gasteiger partial charge in [-0.1, -0.05) is 6.92 Å². The van der Waals surface area contributed by atoms with E-state index < -0.39 is 10.2 Å². The van der Waals surface area contributed by atoms with Gasteiger partial charge in [0, 0.05) is 12.6 Å². The fraction of sp³-hybridized carbons (Fsp3) is 1.00. The minimum Gasteiger partial charge on any atom is -0.319 e. The lowest BCUT2D eigenvalue weighted by Gasteiger charge is -2.12. The molecule has 0 aliphatic heterocycles. The van der Waals surface area contributed by atoms with E-state index in [2.05, 4.69) is 14.8 Å². The lowest BCUT2D eigenvalue weighted by Crippen LogP contribution is -2.41. The lowest BCUT2D eigenvalue weighted by molar-refractivity contribution is 0.513. The Hall–Kier alpha value is -0.170. The summed E-state index contributed by atoms with van der Waals surface area (Å²) in [6, 6.07) is 0.173. The monoisotopic (exact) mass is 221 g/mol. The Balaban J connectivity index is 2.20. The predicted octanol–water partition coefficient (Wildman–Crippen LogP) is -0.572. The molecule has 0 spiro atoms. The third kappa shape index (κ3) is 4.90. The van der Waals surface area contributed by atoms with E-state index in [4.69, 9.17) is 0 Å². The summed E-state index contributed by atoms with van der Waals surface area (Å²) in [5, 5.41) is 3.00. The molecule has 1 rings (SSSR count). The lowest BCUT2D eigenvalue weighted by atomic mass is 10.2. The van der Waals surface area contributed by atoms with Crippen LogP contribution in [0.1, 0.15) is 19.8 Å². The van der Waals surface area contributed by atoms with E-state index in [-0.39, 0.29) is 6.04 Å². The maximum Gasteiger partial charge on any atom is 0.277 e. The van der Waals surface area contributed by atoms with E-state index in [1.807, 2.05) is 14.0 Å². The Kier molecular flexibility index (Phi) is 4.31. The first-order valence-corrected chi connectivity index (χ1v) is 6.43. The van der Waals surface area contributed by atoms with Crippen molar-refractivity contribution in [1.82, 2.24) is 14.8 Å². The van der Waals surface area contributed by atoms with Crippen molar-refractivity contribution in [3.05, 3.63) is 0 Å². The second kappa shape index (κ2) is 5.06. The van der Waals surface area contributed by atoms with Gasteiger partial charge in [-0.15, -0.1) is 0 Å². The second-order valence-electron chi connectivity index (χ2n) is 3.91. The van der Waals surface area contributed by atoms with Crippen molar-refractivity contribution in [2.75, 3.05) is 20.1 Å². The van der Waals surface area contributed by atoms with Gasteiger partial charge in [-0.05, 0) is 32.4 Å². The van der Waals surface area contributed by atoms with Gasteiger partial charge in [-0.3, -0.25) is 0 Å². The second-order valence-corrected chi connectivity index (χ2v) is 5.44. The first-order valence-electron chi connectivity index (χ1n) is 4.95. The number of hydrogen-bond donors (Lipinski definition) is 3. The van der Waals surface area contributed by atoms with Crippen LogP contribution in [-0.2, 0) is 10.2 Å². The van der Waals surface area contributed by atoms with E-state index in [1.54, 1.807) is 0 Å². The molecule has 0 aromatic heterocycles. The van der Waals surface area contributed by atoms with E-state index >= 15 is 0 Å². The van der Waals surface area contributed by atoms with Gasteiger partial charge in [-0.2, -0.15) is 13.1 Å². The molecular weight excluding hydrogens is 202 g/mol. The Morgan fingerprint density at radius 1 is 1.36 bits per heavy atom. The maximum absolute atomic E-state index is 11.3. The first-order chi connectivity index (χ1) is 6.53. The van der Waals surface area contributed by atoms with Crippen LogP contribution in [0.25, 0.3) is 0 Å². The summed E-state index contributed by atoms with van der Waals surface area (Å²) >= 11 is 0. The van der Waals surface area contributed by atoms with Crippen LogP contribution < -0.4 is 14.8 Å². The zero-order valence-corrected chi connectivity index (χ0v) is 9.52. The molecule has 84 valence electrons. The first kappa shape index (κ1) is 11.9. The van der Waals surface area contributed by atoms with E-state index in [0.29, 0.717) is 12.5 Å². The van der Waals surface area contributed by atoms with Crippen LogP contribution in [0, 0.1) is 5.92 Å². The van der Waals surface area contributed by atoms with E-state index in [9.17, 15) is 8.42 Å². The molecule has 0 aromatic rings.